The molecule has 0 amide bonds. The zero-order valence-corrected chi connectivity index (χ0v) is 36.0. The summed E-state index contributed by atoms with van der Waals surface area (Å²) in [4.78, 5) is 12.8. The standard InChI is InChI=1S/C43H82O12S/c1-3-5-7-9-11-13-15-16-17-18-19-20-21-22-24-26-28-30-32-39(45)53-37(35-51-33-31-29-27-25-23-14-12-10-8-6-4-2)36-52-43-41(47)42(55-56(48,49)50)40(46)38(34-44)54-43/h8,10,37-38,40-44,46-47H,3-7,9,11-36H2,1-2H3,(H,48,49,50)/b10-8-. The quantitative estimate of drug-likeness (QED) is 0.0200. The highest BCUT2D eigenvalue weighted by atomic mass is 32.3. The number of carbonyl (C=O) groups is 1. The van der Waals surface area contributed by atoms with Gasteiger partial charge in [0, 0.05) is 13.0 Å². The number of rotatable bonds is 39. The molecule has 1 saturated heterocycles. The molecule has 0 aromatic heterocycles. The number of hydrogen-bond donors (Lipinski definition) is 4. The maximum absolute atomic E-state index is 12.8. The molecule has 1 heterocycles. The van der Waals surface area contributed by atoms with Crippen molar-refractivity contribution < 1.29 is 56.2 Å². The molecule has 0 aliphatic carbocycles. The van der Waals surface area contributed by atoms with E-state index in [0.717, 1.165) is 51.4 Å². The highest BCUT2D eigenvalue weighted by molar-refractivity contribution is 7.80. The Bertz CT molecular complexity index is 1040. The van der Waals surface area contributed by atoms with E-state index in [9.17, 15) is 28.5 Å². The minimum Gasteiger partial charge on any atom is -0.457 e. The van der Waals surface area contributed by atoms with E-state index in [1.165, 1.54) is 116 Å². The van der Waals surface area contributed by atoms with Crippen molar-refractivity contribution in [2.45, 2.75) is 230 Å². The molecule has 13 heteroatoms. The third-order valence-corrected chi connectivity index (χ3v) is 10.8. The minimum atomic E-state index is -5.06. The smallest absolute Gasteiger partial charge is 0.397 e. The molecule has 0 radical (unpaired) electrons. The van der Waals surface area contributed by atoms with Crippen LogP contribution in [-0.4, -0.2) is 97.5 Å². The maximum atomic E-state index is 12.8. The summed E-state index contributed by atoms with van der Waals surface area (Å²) in [6, 6.07) is 0. The van der Waals surface area contributed by atoms with Crippen molar-refractivity contribution in [1.29, 1.82) is 0 Å². The Balaban J connectivity index is 2.40. The van der Waals surface area contributed by atoms with Gasteiger partial charge in [-0.2, -0.15) is 8.42 Å². The second-order valence-corrected chi connectivity index (χ2v) is 16.7. The molecule has 0 aromatic carbocycles. The van der Waals surface area contributed by atoms with Crippen LogP contribution in [0.3, 0.4) is 0 Å². The lowest BCUT2D eigenvalue weighted by molar-refractivity contribution is -0.301. The first-order valence-electron chi connectivity index (χ1n) is 22.4. The zero-order chi connectivity index (χ0) is 41.1. The summed E-state index contributed by atoms with van der Waals surface area (Å²) in [5.41, 5.74) is 0. The topological polar surface area (TPSA) is 178 Å². The lowest BCUT2D eigenvalue weighted by Crippen LogP contribution is -2.60. The summed E-state index contributed by atoms with van der Waals surface area (Å²) in [5, 5.41) is 30.6. The minimum absolute atomic E-state index is 0.0365. The van der Waals surface area contributed by atoms with Gasteiger partial charge in [0.25, 0.3) is 0 Å². The van der Waals surface area contributed by atoms with Crippen LogP contribution >= 0.6 is 0 Å². The van der Waals surface area contributed by atoms with Crippen molar-refractivity contribution in [3.8, 4) is 0 Å². The second-order valence-electron chi connectivity index (χ2n) is 15.6. The van der Waals surface area contributed by atoms with Gasteiger partial charge in [0.05, 0.1) is 19.8 Å². The Labute approximate surface area is 340 Å². The van der Waals surface area contributed by atoms with Gasteiger partial charge < -0.3 is 34.3 Å². The third-order valence-electron chi connectivity index (χ3n) is 10.4. The first-order chi connectivity index (χ1) is 27.1. The van der Waals surface area contributed by atoms with Crippen LogP contribution in [0.2, 0.25) is 0 Å². The van der Waals surface area contributed by atoms with E-state index in [1.807, 2.05) is 0 Å². The predicted octanol–water partition coefficient (Wildman–Crippen LogP) is 9.08. The Morgan fingerprint density at radius 3 is 1.68 bits per heavy atom. The monoisotopic (exact) mass is 823 g/mol. The number of carbonyl (C=O) groups excluding carboxylic acids is 1. The molecule has 332 valence electrons. The van der Waals surface area contributed by atoms with Crippen LogP contribution in [-0.2, 0) is 38.3 Å². The molecule has 4 N–H and O–H groups in total. The van der Waals surface area contributed by atoms with Crippen LogP contribution in [0.4, 0.5) is 0 Å². The molecule has 0 spiro atoms. The fraction of sp³-hybridized carbons (Fsp3) is 0.930. The number of allylic oxidation sites excluding steroid dienone is 2. The number of aliphatic hydroxyl groups excluding tert-OH is 3. The van der Waals surface area contributed by atoms with Gasteiger partial charge in [-0.15, -0.1) is 0 Å². The molecular weight excluding hydrogens is 741 g/mol. The molecule has 6 atom stereocenters. The van der Waals surface area contributed by atoms with Crippen molar-refractivity contribution in [2.24, 2.45) is 0 Å². The number of ether oxygens (including phenoxy) is 4. The van der Waals surface area contributed by atoms with Gasteiger partial charge >= 0.3 is 16.4 Å². The van der Waals surface area contributed by atoms with Crippen molar-refractivity contribution in [3.63, 3.8) is 0 Å². The van der Waals surface area contributed by atoms with Crippen LogP contribution in [0.5, 0.6) is 0 Å². The van der Waals surface area contributed by atoms with Crippen LogP contribution in [0.1, 0.15) is 194 Å². The van der Waals surface area contributed by atoms with Gasteiger partial charge in [0.1, 0.15) is 30.5 Å². The number of aliphatic hydroxyl groups is 3. The van der Waals surface area contributed by atoms with Crippen LogP contribution in [0.15, 0.2) is 12.2 Å². The number of hydrogen-bond acceptors (Lipinski definition) is 11. The molecule has 0 aromatic rings. The summed E-state index contributed by atoms with van der Waals surface area (Å²) in [6.45, 7) is 3.94. The van der Waals surface area contributed by atoms with E-state index in [2.05, 4.69) is 30.2 Å². The Kier molecular flexibility index (Phi) is 33.7. The van der Waals surface area contributed by atoms with E-state index >= 15 is 0 Å². The summed E-state index contributed by atoms with van der Waals surface area (Å²) in [6.07, 6.45) is 28.2. The number of unbranched alkanes of at least 4 members (excludes halogenated alkanes) is 24. The van der Waals surface area contributed by atoms with Crippen LogP contribution in [0.25, 0.3) is 0 Å². The summed E-state index contributed by atoms with van der Waals surface area (Å²) in [5.74, 6) is -0.399. The lowest BCUT2D eigenvalue weighted by Gasteiger charge is -2.41. The average molecular weight is 823 g/mol. The zero-order valence-electron chi connectivity index (χ0n) is 35.2. The lowest BCUT2D eigenvalue weighted by atomic mass is 9.99. The van der Waals surface area contributed by atoms with Crippen LogP contribution in [0, 0.1) is 0 Å². The summed E-state index contributed by atoms with van der Waals surface area (Å²) >= 11 is 0. The first kappa shape index (κ1) is 52.9. The van der Waals surface area contributed by atoms with Crippen LogP contribution < -0.4 is 0 Å². The van der Waals surface area contributed by atoms with Crippen molar-refractivity contribution in [1.82, 2.24) is 0 Å². The average Bonchev–Trinajstić information content (AvgIpc) is 3.17. The summed E-state index contributed by atoms with van der Waals surface area (Å²) < 4.78 is 59.0. The SMILES string of the molecule is CCC/C=C\CCCCCCCCOCC(COC1OC(CO)C(O)C(OS(=O)(=O)O)C1O)OC(=O)CCCCCCCCCCCCCCCCCCCC. The summed E-state index contributed by atoms with van der Waals surface area (Å²) in [7, 11) is -5.06. The van der Waals surface area contributed by atoms with Crippen molar-refractivity contribution >= 4 is 16.4 Å². The highest BCUT2D eigenvalue weighted by Crippen LogP contribution is 2.26. The predicted molar refractivity (Wildman–Crippen MR) is 221 cm³/mol. The molecule has 56 heavy (non-hydrogen) atoms. The van der Waals surface area contributed by atoms with Crippen molar-refractivity contribution in [2.75, 3.05) is 26.4 Å². The van der Waals surface area contributed by atoms with Gasteiger partial charge in [-0.3, -0.25) is 9.35 Å². The normalized spacial score (nSPS) is 20.9. The largest absolute Gasteiger partial charge is 0.457 e. The van der Waals surface area contributed by atoms with E-state index < -0.39 is 59.8 Å². The fourth-order valence-corrected chi connectivity index (χ4v) is 7.48. The first-order valence-corrected chi connectivity index (χ1v) is 23.8. The Morgan fingerprint density at radius 2 is 1.16 bits per heavy atom. The molecule has 0 bridgehead atoms. The van der Waals surface area contributed by atoms with Gasteiger partial charge in [0.2, 0.25) is 0 Å². The van der Waals surface area contributed by atoms with E-state index in [-0.39, 0.29) is 19.6 Å². The third kappa shape index (κ3) is 29.1. The van der Waals surface area contributed by atoms with E-state index in [0.29, 0.717) is 13.0 Å². The van der Waals surface area contributed by atoms with Gasteiger partial charge in [0.15, 0.2) is 6.29 Å². The van der Waals surface area contributed by atoms with Crippen molar-refractivity contribution in [3.05, 3.63) is 12.2 Å². The van der Waals surface area contributed by atoms with E-state index in [1.54, 1.807) is 0 Å². The Morgan fingerprint density at radius 1 is 0.661 bits per heavy atom. The molecule has 6 unspecified atom stereocenters. The molecule has 1 fully saturated rings. The maximum Gasteiger partial charge on any atom is 0.397 e. The van der Waals surface area contributed by atoms with Gasteiger partial charge in [-0.25, -0.2) is 4.18 Å². The second kappa shape index (κ2) is 35.8. The van der Waals surface area contributed by atoms with E-state index in [4.69, 9.17) is 23.5 Å². The molecule has 0 saturated carbocycles. The molecular formula is C43H82O12S. The molecule has 1 aliphatic rings. The molecule has 1 aliphatic heterocycles. The van der Waals surface area contributed by atoms with Gasteiger partial charge in [-0.05, 0) is 32.1 Å². The molecule has 12 nitrogen and oxygen atoms in total. The molecule has 1 rings (SSSR count). The Hall–Kier alpha value is -1.16. The highest BCUT2D eigenvalue weighted by Gasteiger charge is 2.48. The number of esters is 1. The fourth-order valence-electron chi connectivity index (χ4n) is 6.97. The van der Waals surface area contributed by atoms with Gasteiger partial charge in [-0.1, -0.05) is 167 Å².